The maximum Gasteiger partial charge on any atom is 0.228 e. The first-order chi connectivity index (χ1) is 5.53. The maximum atomic E-state index is 8.72. The molecular formula is C8H11N3O. The summed E-state index contributed by atoms with van der Waals surface area (Å²) >= 11 is 0. The minimum Gasteiger partial charge on any atom is -0.339 e. The Labute approximate surface area is 71.2 Å². The number of aromatic nitrogens is 2. The van der Waals surface area contributed by atoms with E-state index in [1.165, 1.54) is 0 Å². The van der Waals surface area contributed by atoms with Crippen LogP contribution in [0.3, 0.4) is 0 Å². The van der Waals surface area contributed by atoms with Crippen LogP contribution in [-0.4, -0.2) is 10.1 Å². The molecule has 0 amide bonds. The highest BCUT2D eigenvalue weighted by molar-refractivity contribution is 4.98. The van der Waals surface area contributed by atoms with Crippen molar-refractivity contribution in [1.29, 1.82) is 5.26 Å². The molecule has 1 rings (SSSR count). The molecule has 0 atom stereocenters. The van der Waals surface area contributed by atoms with Gasteiger partial charge in [0.15, 0.2) is 5.82 Å². The minimum atomic E-state index is -0.432. The lowest BCUT2D eigenvalue weighted by Gasteiger charge is -2.10. The Hall–Kier alpha value is -1.37. The van der Waals surface area contributed by atoms with Gasteiger partial charge in [-0.1, -0.05) is 5.16 Å². The molecule has 4 heteroatoms. The highest BCUT2D eigenvalue weighted by Crippen LogP contribution is 2.18. The summed E-state index contributed by atoms with van der Waals surface area (Å²) in [7, 11) is 0. The quantitative estimate of drug-likeness (QED) is 0.665. The van der Waals surface area contributed by atoms with Crippen molar-refractivity contribution in [2.45, 2.75) is 27.2 Å². The molecule has 4 nitrogen and oxygen atoms in total. The van der Waals surface area contributed by atoms with Gasteiger partial charge in [0, 0.05) is 6.42 Å². The van der Waals surface area contributed by atoms with Crippen LogP contribution in [0.4, 0.5) is 0 Å². The number of nitrogens with zero attached hydrogens (tertiary/aromatic N) is 3. The number of hydrogen-bond acceptors (Lipinski definition) is 4. The van der Waals surface area contributed by atoms with Crippen molar-refractivity contribution < 1.29 is 4.52 Å². The SMILES string of the molecule is Cc1noc(CC(C)(C)C#N)n1. The van der Waals surface area contributed by atoms with E-state index in [0.29, 0.717) is 18.1 Å². The molecule has 0 bridgehead atoms. The summed E-state index contributed by atoms with van der Waals surface area (Å²) in [5, 5.41) is 12.4. The van der Waals surface area contributed by atoms with Gasteiger partial charge in [-0.2, -0.15) is 10.2 Å². The van der Waals surface area contributed by atoms with Crippen molar-refractivity contribution in [3.63, 3.8) is 0 Å². The minimum absolute atomic E-state index is 0.432. The normalized spacial score (nSPS) is 11.2. The lowest BCUT2D eigenvalue weighted by molar-refractivity contribution is 0.337. The monoisotopic (exact) mass is 165 g/mol. The van der Waals surface area contributed by atoms with E-state index >= 15 is 0 Å². The van der Waals surface area contributed by atoms with Gasteiger partial charge in [0.25, 0.3) is 0 Å². The van der Waals surface area contributed by atoms with E-state index in [4.69, 9.17) is 9.78 Å². The predicted octanol–water partition coefficient (Wildman–Crippen LogP) is 1.47. The Morgan fingerprint density at radius 2 is 2.25 bits per heavy atom. The van der Waals surface area contributed by atoms with Crippen molar-refractivity contribution in [2.75, 3.05) is 0 Å². The van der Waals surface area contributed by atoms with Crippen molar-refractivity contribution in [2.24, 2.45) is 5.41 Å². The van der Waals surface area contributed by atoms with Crippen molar-refractivity contribution in [1.82, 2.24) is 10.1 Å². The van der Waals surface area contributed by atoms with E-state index in [-0.39, 0.29) is 0 Å². The van der Waals surface area contributed by atoms with Gasteiger partial charge in [-0.3, -0.25) is 0 Å². The van der Waals surface area contributed by atoms with E-state index in [1.54, 1.807) is 6.92 Å². The van der Waals surface area contributed by atoms with E-state index in [1.807, 2.05) is 13.8 Å². The maximum absolute atomic E-state index is 8.72. The van der Waals surface area contributed by atoms with Crippen molar-refractivity contribution in [3.8, 4) is 6.07 Å². The molecule has 0 saturated heterocycles. The van der Waals surface area contributed by atoms with Crippen LogP contribution in [0.25, 0.3) is 0 Å². The molecule has 0 radical (unpaired) electrons. The fourth-order valence-electron chi connectivity index (χ4n) is 0.829. The summed E-state index contributed by atoms with van der Waals surface area (Å²) in [5.74, 6) is 1.14. The number of nitriles is 1. The molecule has 1 aromatic rings. The van der Waals surface area contributed by atoms with Crippen molar-refractivity contribution in [3.05, 3.63) is 11.7 Å². The molecule has 1 aromatic heterocycles. The first-order valence-electron chi connectivity index (χ1n) is 3.74. The highest BCUT2D eigenvalue weighted by atomic mass is 16.5. The summed E-state index contributed by atoms with van der Waals surface area (Å²) in [6, 6.07) is 2.17. The Morgan fingerprint density at radius 3 is 2.67 bits per heavy atom. The van der Waals surface area contributed by atoms with Crippen LogP contribution in [0.1, 0.15) is 25.6 Å². The van der Waals surface area contributed by atoms with Gasteiger partial charge >= 0.3 is 0 Å². The molecule has 0 aliphatic rings. The number of rotatable bonds is 2. The van der Waals surface area contributed by atoms with Crippen molar-refractivity contribution >= 4 is 0 Å². The van der Waals surface area contributed by atoms with Crippen LogP contribution in [-0.2, 0) is 6.42 Å². The smallest absolute Gasteiger partial charge is 0.228 e. The van der Waals surface area contributed by atoms with Crippen LogP contribution >= 0.6 is 0 Å². The van der Waals surface area contributed by atoms with Gasteiger partial charge in [-0.15, -0.1) is 0 Å². The second-order valence-electron chi connectivity index (χ2n) is 3.41. The molecule has 0 spiro atoms. The third-order valence-electron chi connectivity index (χ3n) is 1.47. The molecule has 0 fully saturated rings. The van der Waals surface area contributed by atoms with Crippen LogP contribution in [0, 0.1) is 23.7 Å². The summed E-state index contributed by atoms with van der Waals surface area (Å²) in [6.45, 7) is 5.44. The van der Waals surface area contributed by atoms with E-state index < -0.39 is 5.41 Å². The topological polar surface area (TPSA) is 62.7 Å². The molecule has 1 heterocycles. The lowest BCUT2D eigenvalue weighted by atomic mass is 9.92. The standard InChI is InChI=1S/C8H11N3O/c1-6-10-7(12-11-6)4-8(2,3)5-9/h4H2,1-3H3. The predicted molar refractivity (Wildman–Crippen MR) is 42.1 cm³/mol. The first-order valence-corrected chi connectivity index (χ1v) is 3.74. The molecular weight excluding hydrogens is 154 g/mol. The van der Waals surface area contributed by atoms with Crippen LogP contribution in [0.2, 0.25) is 0 Å². The second kappa shape index (κ2) is 2.94. The summed E-state index contributed by atoms with van der Waals surface area (Å²) < 4.78 is 4.89. The fourth-order valence-corrected chi connectivity index (χ4v) is 0.829. The Morgan fingerprint density at radius 1 is 1.58 bits per heavy atom. The molecule has 0 saturated carbocycles. The van der Waals surface area contributed by atoms with Crippen LogP contribution < -0.4 is 0 Å². The Bertz CT molecular complexity index is 308. The average molecular weight is 165 g/mol. The molecule has 0 unspecified atom stereocenters. The highest BCUT2D eigenvalue weighted by Gasteiger charge is 2.20. The van der Waals surface area contributed by atoms with E-state index in [2.05, 4.69) is 16.2 Å². The zero-order chi connectivity index (χ0) is 9.19. The third-order valence-corrected chi connectivity index (χ3v) is 1.47. The largest absolute Gasteiger partial charge is 0.339 e. The fraction of sp³-hybridized carbons (Fsp3) is 0.625. The Kier molecular flexibility index (Phi) is 2.13. The van der Waals surface area contributed by atoms with E-state index in [0.717, 1.165) is 0 Å². The lowest BCUT2D eigenvalue weighted by Crippen LogP contribution is -2.11. The molecule has 0 aromatic carbocycles. The van der Waals surface area contributed by atoms with Crippen LogP contribution in [0.15, 0.2) is 4.52 Å². The molecule has 12 heavy (non-hydrogen) atoms. The van der Waals surface area contributed by atoms with E-state index in [9.17, 15) is 0 Å². The molecule has 64 valence electrons. The van der Waals surface area contributed by atoms with Crippen LogP contribution in [0.5, 0.6) is 0 Å². The molecule has 0 aliphatic heterocycles. The molecule has 0 aliphatic carbocycles. The third kappa shape index (κ3) is 2.06. The van der Waals surface area contributed by atoms with Gasteiger partial charge in [0.05, 0.1) is 11.5 Å². The first kappa shape index (κ1) is 8.72. The van der Waals surface area contributed by atoms with Gasteiger partial charge in [-0.05, 0) is 20.8 Å². The van der Waals surface area contributed by atoms with Gasteiger partial charge in [-0.25, -0.2) is 0 Å². The van der Waals surface area contributed by atoms with Gasteiger partial charge < -0.3 is 4.52 Å². The zero-order valence-corrected chi connectivity index (χ0v) is 7.46. The average Bonchev–Trinajstić information content (AvgIpc) is 2.35. The summed E-state index contributed by atoms with van der Waals surface area (Å²) in [4.78, 5) is 4.01. The Balaban J connectivity index is 2.72. The second-order valence-corrected chi connectivity index (χ2v) is 3.41. The number of aryl methyl sites for hydroxylation is 1. The molecule has 0 N–H and O–H groups in total. The zero-order valence-electron chi connectivity index (χ0n) is 7.46. The summed E-state index contributed by atoms with van der Waals surface area (Å²) in [5.41, 5.74) is -0.432. The van der Waals surface area contributed by atoms with Gasteiger partial charge in [0.1, 0.15) is 0 Å². The summed E-state index contributed by atoms with van der Waals surface area (Å²) in [6.07, 6.45) is 0.504. The number of hydrogen-bond donors (Lipinski definition) is 0. The van der Waals surface area contributed by atoms with Gasteiger partial charge in [0.2, 0.25) is 5.89 Å².